The fourth-order valence-electron chi connectivity index (χ4n) is 8.76. The van der Waals surface area contributed by atoms with Gasteiger partial charge in [0.2, 0.25) is 0 Å². The van der Waals surface area contributed by atoms with Crippen molar-refractivity contribution in [1.82, 2.24) is 0 Å². The summed E-state index contributed by atoms with van der Waals surface area (Å²) in [4.78, 5) is 76.6. The first-order valence-corrected chi connectivity index (χ1v) is 16.4. The van der Waals surface area contributed by atoms with Gasteiger partial charge in [-0.05, 0) is 92.0 Å². The average molecular weight is 697 g/mol. The highest BCUT2D eigenvalue weighted by molar-refractivity contribution is 6.21. The molecule has 0 bridgehead atoms. The van der Waals surface area contributed by atoms with Gasteiger partial charge in [0, 0.05) is 11.1 Å². The summed E-state index contributed by atoms with van der Waals surface area (Å²) in [6.07, 6.45) is 0. The Labute approximate surface area is 298 Å². The van der Waals surface area contributed by atoms with Crippen LogP contribution in [0.4, 0.5) is 0 Å². The van der Waals surface area contributed by atoms with E-state index in [1.54, 1.807) is 12.1 Å². The lowest BCUT2D eigenvalue weighted by atomic mass is 9.69. The minimum Gasteiger partial charge on any atom is -0.478 e. The SMILES string of the molecule is O=C1OC(=O)c2c1ccc(C(=O)O)c2-c1ccc2c(c1)C1(c3ccccc3-c3ccccc31)c1cc(-c3c(C(=O)O)ccc4c3C(=O)OC4=O)ccc1-2. The van der Waals surface area contributed by atoms with E-state index in [2.05, 4.69) is 0 Å². The Morgan fingerprint density at radius 3 is 1.21 bits per heavy atom. The van der Waals surface area contributed by atoms with Crippen LogP contribution in [0.1, 0.15) is 84.4 Å². The Morgan fingerprint density at radius 2 is 0.792 bits per heavy atom. The minimum atomic E-state index is -1.30. The second-order valence-corrected chi connectivity index (χ2v) is 13.1. The third-order valence-corrected chi connectivity index (χ3v) is 10.8. The van der Waals surface area contributed by atoms with Gasteiger partial charge in [0.25, 0.3) is 0 Å². The molecule has 6 aromatic rings. The maximum atomic E-state index is 13.1. The maximum absolute atomic E-state index is 13.1. The number of carboxylic acid groups (broad SMARTS) is 2. The number of cyclic esters (lactones) is 4. The molecule has 2 N–H and O–H groups in total. The molecule has 252 valence electrons. The second kappa shape index (κ2) is 10.3. The lowest BCUT2D eigenvalue weighted by Crippen LogP contribution is -2.26. The molecule has 0 aromatic heterocycles. The number of esters is 4. The largest absolute Gasteiger partial charge is 0.478 e. The Hall–Kier alpha value is -7.46. The monoisotopic (exact) mass is 696 g/mol. The predicted molar refractivity (Wildman–Crippen MR) is 187 cm³/mol. The first-order chi connectivity index (χ1) is 25.6. The molecule has 0 saturated heterocycles. The summed E-state index contributed by atoms with van der Waals surface area (Å²) in [6, 6.07) is 31.6. The molecule has 0 unspecified atom stereocenters. The van der Waals surface area contributed by atoms with E-state index in [9.17, 15) is 39.0 Å². The number of ether oxygens (including phenoxy) is 2. The van der Waals surface area contributed by atoms with Crippen molar-refractivity contribution in [2.75, 3.05) is 0 Å². The summed E-state index contributed by atoms with van der Waals surface area (Å²) in [5.74, 6) is -6.20. The van der Waals surface area contributed by atoms with Gasteiger partial charge in [-0.1, -0.05) is 72.8 Å². The molecule has 0 saturated carbocycles. The van der Waals surface area contributed by atoms with Crippen molar-refractivity contribution in [3.8, 4) is 44.5 Å². The van der Waals surface area contributed by atoms with E-state index in [-0.39, 0.29) is 44.5 Å². The molecule has 6 aromatic carbocycles. The first kappa shape index (κ1) is 30.4. The standard InChI is InChI=1S/C43H20O10/c44-37(45)25-13-15-27-35(41(50)52-39(27)48)33(25)19-9-11-23-24-12-10-20(34-26(38(46)47)14-16-28-36(34)42(51)53-40(28)49)18-32(24)43(31(23)17-19)29-7-3-1-5-21(29)22-6-2-4-8-30(22)43/h1-18H,(H,44,45)(H,46,47). The van der Waals surface area contributed by atoms with Gasteiger partial charge in [-0.2, -0.15) is 0 Å². The van der Waals surface area contributed by atoms with Gasteiger partial charge in [-0.3, -0.25) is 0 Å². The zero-order chi connectivity index (χ0) is 36.5. The van der Waals surface area contributed by atoms with E-state index < -0.39 is 41.2 Å². The summed E-state index contributed by atoms with van der Waals surface area (Å²) in [6.45, 7) is 0. The van der Waals surface area contributed by atoms with Gasteiger partial charge in [-0.15, -0.1) is 0 Å². The van der Waals surface area contributed by atoms with Crippen molar-refractivity contribution in [3.63, 3.8) is 0 Å². The van der Waals surface area contributed by atoms with Crippen LogP contribution in [0, 0.1) is 0 Å². The van der Waals surface area contributed by atoms with Gasteiger partial charge in [-0.25, -0.2) is 28.8 Å². The summed E-state index contributed by atoms with van der Waals surface area (Å²) >= 11 is 0. The van der Waals surface area contributed by atoms with E-state index in [0.717, 1.165) is 44.5 Å². The molecule has 10 nitrogen and oxygen atoms in total. The van der Waals surface area contributed by atoms with Gasteiger partial charge in [0.15, 0.2) is 0 Å². The Morgan fingerprint density at radius 1 is 0.415 bits per heavy atom. The highest BCUT2D eigenvalue weighted by Gasteiger charge is 2.52. The fraction of sp³-hybridized carbons (Fsp3) is 0.0233. The van der Waals surface area contributed by atoms with E-state index in [4.69, 9.17) is 9.47 Å². The first-order valence-electron chi connectivity index (χ1n) is 16.4. The predicted octanol–water partition coefficient (Wildman–Crippen LogP) is 7.38. The summed E-state index contributed by atoms with van der Waals surface area (Å²) < 4.78 is 9.84. The van der Waals surface area contributed by atoms with Crippen LogP contribution in [0.25, 0.3) is 44.5 Å². The van der Waals surface area contributed by atoms with E-state index in [0.29, 0.717) is 11.1 Å². The average Bonchev–Trinajstić information content (AvgIpc) is 3.83. The molecule has 0 radical (unpaired) electrons. The molecule has 0 fully saturated rings. The summed E-state index contributed by atoms with van der Waals surface area (Å²) in [5, 5.41) is 20.6. The third kappa shape index (κ3) is 3.75. The number of aromatic carboxylic acids is 2. The minimum absolute atomic E-state index is 0.0312. The Kier molecular flexibility index (Phi) is 5.90. The fourth-order valence-corrected chi connectivity index (χ4v) is 8.76. The van der Waals surface area contributed by atoms with Crippen LogP contribution in [0.3, 0.4) is 0 Å². The zero-order valence-corrected chi connectivity index (χ0v) is 27.1. The van der Waals surface area contributed by atoms with E-state index in [1.807, 2.05) is 72.8 Å². The van der Waals surface area contributed by atoms with Crippen LogP contribution in [-0.2, 0) is 14.9 Å². The van der Waals surface area contributed by atoms with Crippen molar-refractivity contribution in [2.24, 2.45) is 0 Å². The normalized spacial score (nSPS) is 14.9. The number of benzene rings is 6. The van der Waals surface area contributed by atoms with Crippen molar-refractivity contribution in [1.29, 1.82) is 0 Å². The molecule has 10 heteroatoms. The molecule has 0 amide bonds. The van der Waals surface area contributed by atoms with Crippen LogP contribution in [-0.4, -0.2) is 46.0 Å². The molecule has 2 heterocycles. The van der Waals surface area contributed by atoms with Crippen LogP contribution in [0.5, 0.6) is 0 Å². The highest BCUT2D eigenvalue weighted by Crippen LogP contribution is 2.63. The Bertz CT molecular complexity index is 2630. The van der Waals surface area contributed by atoms with Crippen molar-refractivity contribution in [2.45, 2.75) is 5.41 Å². The van der Waals surface area contributed by atoms with Crippen LogP contribution in [0.2, 0.25) is 0 Å². The van der Waals surface area contributed by atoms with Crippen molar-refractivity contribution in [3.05, 3.63) is 165 Å². The number of fused-ring (bicyclic) bond motifs is 12. The number of carboxylic acids is 2. The molecule has 2 aliphatic heterocycles. The van der Waals surface area contributed by atoms with Crippen molar-refractivity contribution >= 4 is 35.8 Å². The van der Waals surface area contributed by atoms with Crippen LogP contribution in [0.15, 0.2) is 109 Å². The Balaban J connectivity index is 1.31. The lowest BCUT2D eigenvalue weighted by molar-refractivity contribution is 0.0426. The van der Waals surface area contributed by atoms with Crippen molar-refractivity contribution < 1.29 is 48.5 Å². The molecular weight excluding hydrogens is 676 g/mol. The molecular formula is C43H20O10. The number of rotatable bonds is 4. The number of hydrogen-bond acceptors (Lipinski definition) is 8. The van der Waals surface area contributed by atoms with E-state index >= 15 is 0 Å². The summed E-state index contributed by atoms with van der Waals surface area (Å²) in [7, 11) is 0. The third-order valence-electron chi connectivity index (χ3n) is 10.8. The second-order valence-electron chi connectivity index (χ2n) is 13.1. The summed E-state index contributed by atoms with van der Waals surface area (Å²) in [5.41, 5.74) is 5.84. The molecule has 4 aliphatic rings. The van der Waals surface area contributed by atoms with Gasteiger partial charge < -0.3 is 19.7 Å². The molecule has 1 spiro atoms. The molecule has 53 heavy (non-hydrogen) atoms. The zero-order valence-electron chi connectivity index (χ0n) is 27.1. The molecule has 10 rings (SSSR count). The van der Waals surface area contributed by atoms with E-state index in [1.165, 1.54) is 24.3 Å². The number of carbonyl (C=O) groups is 6. The topological polar surface area (TPSA) is 161 Å². The quantitative estimate of drug-likeness (QED) is 0.140. The number of carbonyl (C=O) groups excluding carboxylic acids is 4. The van der Waals surface area contributed by atoms with Crippen LogP contribution < -0.4 is 0 Å². The smallest absolute Gasteiger partial charge is 0.347 e. The lowest BCUT2D eigenvalue weighted by Gasteiger charge is -2.31. The number of hydrogen-bond donors (Lipinski definition) is 2. The highest BCUT2D eigenvalue weighted by atomic mass is 16.6. The van der Waals surface area contributed by atoms with Crippen LogP contribution >= 0.6 is 0 Å². The van der Waals surface area contributed by atoms with Gasteiger partial charge in [0.1, 0.15) is 0 Å². The maximum Gasteiger partial charge on any atom is 0.347 e. The molecule has 0 atom stereocenters. The molecule has 2 aliphatic carbocycles. The van der Waals surface area contributed by atoms with Gasteiger partial charge in [0.05, 0.1) is 38.8 Å². The van der Waals surface area contributed by atoms with Gasteiger partial charge >= 0.3 is 35.8 Å².